The number of nitrogens with one attached hydrogen (secondary N) is 1. The van der Waals surface area contributed by atoms with E-state index >= 15 is 0 Å². The van der Waals surface area contributed by atoms with Gasteiger partial charge in [-0.1, -0.05) is 13.0 Å². The van der Waals surface area contributed by atoms with Crippen molar-refractivity contribution < 1.29 is 9.53 Å². The van der Waals surface area contributed by atoms with Gasteiger partial charge in [0, 0.05) is 25.7 Å². The summed E-state index contributed by atoms with van der Waals surface area (Å²) in [4.78, 5) is 41.9. The molecule has 3 heterocycles. The third-order valence-corrected chi connectivity index (χ3v) is 7.60. The molecule has 39 heavy (non-hydrogen) atoms. The van der Waals surface area contributed by atoms with Crippen molar-refractivity contribution in [1.82, 2.24) is 24.9 Å². The summed E-state index contributed by atoms with van der Waals surface area (Å²) in [6.45, 7) is 5.20. The first kappa shape index (κ1) is 27.0. The van der Waals surface area contributed by atoms with Crippen molar-refractivity contribution in [3.63, 3.8) is 0 Å². The van der Waals surface area contributed by atoms with E-state index in [1.807, 2.05) is 26.1 Å². The topological polar surface area (TPSA) is 118 Å². The molecule has 0 saturated heterocycles. The summed E-state index contributed by atoms with van der Waals surface area (Å²) >= 11 is 1.69. The highest BCUT2D eigenvalue weighted by atomic mass is 32.2. The fraction of sp³-hybridized carbons (Fsp3) is 0.464. The first-order valence-electron chi connectivity index (χ1n) is 13.3. The van der Waals surface area contributed by atoms with Gasteiger partial charge >= 0.3 is 0 Å². The second kappa shape index (κ2) is 12.1. The Morgan fingerprint density at radius 1 is 1.21 bits per heavy atom. The second-order valence-corrected chi connectivity index (χ2v) is 11.2. The lowest BCUT2D eigenvalue weighted by atomic mass is 10.1. The van der Waals surface area contributed by atoms with Crippen LogP contribution in [0.25, 0.3) is 11.4 Å². The predicted molar refractivity (Wildman–Crippen MR) is 154 cm³/mol. The first-order chi connectivity index (χ1) is 19.0. The molecule has 11 heteroatoms. The van der Waals surface area contributed by atoms with Crippen LogP contribution < -0.4 is 15.0 Å². The Morgan fingerprint density at radius 3 is 2.67 bits per heavy atom. The number of ether oxygens (including phenoxy) is 1. The van der Waals surface area contributed by atoms with E-state index in [1.54, 1.807) is 25.1 Å². The average Bonchev–Trinajstić information content (AvgIpc) is 3.87. The summed E-state index contributed by atoms with van der Waals surface area (Å²) in [5.74, 6) is 3.87. The molecule has 0 aromatic carbocycles. The number of carbonyl (C=O) groups is 1. The number of hydrogen-bond acceptors (Lipinski definition) is 10. The maximum Gasteiger partial charge on any atom is 0.227 e. The van der Waals surface area contributed by atoms with E-state index in [0.717, 1.165) is 53.3 Å². The number of aliphatic imine (C=N–C) groups is 1. The lowest BCUT2D eigenvalue weighted by Crippen LogP contribution is -2.25. The van der Waals surface area contributed by atoms with E-state index in [1.165, 1.54) is 19.2 Å². The van der Waals surface area contributed by atoms with Gasteiger partial charge in [0.15, 0.2) is 23.8 Å². The maximum absolute atomic E-state index is 12.0. The minimum Gasteiger partial charge on any atom is -0.480 e. The van der Waals surface area contributed by atoms with Crippen LogP contribution in [0.3, 0.4) is 0 Å². The molecule has 2 aliphatic rings. The van der Waals surface area contributed by atoms with E-state index in [-0.39, 0.29) is 5.84 Å². The van der Waals surface area contributed by atoms with Gasteiger partial charge in [0.2, 0.25) is 5.88 Å². The molecule has 0 aliphatic heterocycles. The zero-order valence-electron chi connectivity index (χ0n) is 22.8. The molecule has 5 rings (SSSR count). The zero-order valence-corrected chi connectivity index (χ0v) is 23.7. The second-order valence-electron chi connectivity index (χ2n) is 9.95. The Kier molecular flexibility index (Phi) is 8.35. The number of aryl methyl sites for hydroxylation is 1. The third-order valence-electron chi connectivity index (χ3n) is 6.77. The number of nitrogens with zero attached hydrogens (tertiary/aromatic N) is 7. The zero-order chi connectivity index (χ0) is 27.4. The van der Waals surface area contributed by atoms with Gasteiger partial charge < -0.3 is 15.0 Å². The molecular weight excluding hydrogens is 512 g/mol. The van der Waals surface area contributed by atoms with Crippen LogP contribution in [0.5, 0.6) is 5.88 Å². The number of pyridine rings is 1. The molecular formula is C28H34N8O2S. The smallest absolute Gasteiger partial charge is 0.227 e. The molecule has 3 aromatic rings. The molecule has 204 valence electrons. The Balaban J connectivity index is 1.48. The van der Waals surface area contributed by atoms with Crippen LogP contribution in [-0.2, 0) is 11.3 Å². The monoisotopic (exact) mass is 546 g/mol. The molecule has 2 saturated carbocycles. The number of amidine groups is 1. The fourth-order valence-electron chi connectivity index (χ4n) is 4.43. The van der Waals surface area contributed by atoms with Gasteiger partial charge in [-0.05, 0) is 55.9 Å². The van der Waals surface area contributed by atoms with E-state index in [2.05, 4.69) is 37.1 Å². The maximum atomic E-state index is 12.0. The summed E-state index contributed by atoms with van der Waals surface area (Å²) < 4.78 is 5.61. The SMILES string of the molecule is CCSc1ccc(CN=C(C=O)Nc2c(C)nc(-c3c(OC)ncnc3C3CC3)nc2N(C)CC2CC2)cn1. The lowest BCUT2D eigenvalue weighted by Gasteiger charge is -2.24. The van der Waals surface area contributed by atoms with Crippen molar-refractivity contribution in [1.29, 1.82) is 0 Å². The highest BCUT2D eigenvalue weighted by molar-refractivity contribution is 7.99. The number of carbonyl (C=O) groups excluding carboxylic acids is 1. The molecule has 0 unspecified atom stereocenters. The minimum atomic E-state index is 0.210. The molecule has 0 bridgehead atoms. The normalized spacial score (nSPS) is 15.2. The van der Waals surface area contributed by atoms with Crippen molar-refractivity contribution in [3.8, 4) is 17.3 Å². The summed E-state index contributed by atoms with van der Waals surface area (Å²) in [5, 5.41) is 4.20. The number of methoxy groups -OCH3 is 1. The molecule has 10 nitrogen and oxygen atoms in total. The molecule has 0 amide bonds. The van der Waals surface area contributed by atoms with Crippen LogP contribution in [0.1, 0.15) is 55.5 Å². The van der Waals surface area contributed by atoms with Gasteiger partial charge in [-0.2, -0.15) is 0 Å². The molecule has 0 spiro atoms. The van der Waals surface area contributed by atoms with Crippen LogP contribution >= 0.6 is 11.8 Å². The molecule has 2 aliphatic carbocycles. The van der Waals surface area contributed by atoms with Crippen molar-refractivity contribution in [2.45, 2.75) is 57.0 Å². The van der Waals surface area contributed by atoms with Gasteiger partial charge in [0.25, 0.3) is 0 Å². The summed E-state index contributed by atoms with van der Waals surface area (Å²) in [7, 11) is 3.62. The summed E-state index contributed by atoms with van der Waals surface area (Å²) in [5.41, 5.74) is 3.94. The summed E-state index contributed by atoms with van der Waals surface area (Å²) in [6.07, 6.45) is 8.64. The Morgan fingerprint density at radius 2 is 2.03 bits per heavy atom. The number of rotatable bonds is 12. The number of anilines is 2. The predicted octanol–water partition coefficient (Wildman–Crippen LogP) is 4.69. The van der Waals surface area contributed by atoms with Crippen molar-refractivity contribution in [2.75, 3.05) is 36.7 Å². The highest BCUT2D eigenvalue weighted by Gasteiger charge is 2.32. The van der Waals surface area contributed by atoms with Crippen LogP contribution in [-0.4, -0.2) is 63.5 Å². The Labute approximate surface area is 233 Å². The van der Waals surface area contributed by atoms with E-state index in [9.17, 15) is 4.79 Å². The van der Waals surface area contributed by atoms with E-state index < -0.39 is 0 Å². The van der Waals surface area contributed by atoms with Crippen LogP contribution in [0.15, 0.2) is 34.7 Å². The molecule has 3 aromatic heterocycles. The summed E-state index contributed by atoms with van der Waals surface area (Å²) in [6, 6.07) is 3.97. The highest BCUT2D eigenvalue weighted by Crippen LogP contribution is 2.45. The number of hydrogen-bond donors (Lipinski definition) is 1. The molecule has 0 atom stereocenters. The van der Waals surface area contributed by atoms with Gasteiger partial charge in [-0.25, -0.2) is 24.9 Å². The van der Waals surface area contributed by atoms with E-state index in [4.69, 9.17) is 14.7 Å². The van der Waals surface area contributed by atoms with Crippen molar-refractivity contribution >= 4 is 35.4 Å². The number of aldehydes is 1. The minimum absolute atomic E-state index is 0.210. The molecule has 2 fully saturated rings. The Bertz CT molecular complexity index is 1360. The molecule has 1 N–H and O–H groups in total. The largest absolute Gasteiger partial charge is 0.480 e. The fourth-order valence-corrected chi connectivity index (χ4v) is 5.02. The number of aromatic nitrogens is 5. The van der Waals surface area contributed by atoms with Crippen molar-refractivity contribution in [2.24, 2.45) is 10.9 Å². The number of thioether (sulfide) groups is 1. The van der Waals surface area contributed by atoms with Crippen molar-refractivity contribution in [3.05, 3.63) is 41.6 Å². The first-order valence-corrected chi connectivity index (χ1v) is 14.3. The van der Waals surface area contributed by atoms with E-state index in [0.29, 0.717) is 47.3 Å². The van der Waals surface area contributed by atoms with Gasteiger partial charge in [0.05, 0.1) is 30.1 Å². The standard InChI is InChI=1S/C28H34N8O2S/c1-5-39-22-11-8-19(13-30-22)12-29-21(15-37)34-24-17(2)33-26(35-27(24)36(3)14-18-6-7-18)23-25(20-9-10-20)31-16-32-28(23)38-4/h8,11,13,15-16,18,20H,5-7,9-10,12,14H2,1-4H3,(H,29,34). The lowest BCUT2D eigenvalue weighted by molar-refractivity contribution is -0.102. The molecule has 0 radical (unpaired) electrons. The average molecular weight is 547 g/mol. The van der Waals surface area contributed by atoms with Crippen LogP contribution in [0.4, 0.5) is 11.5 Å². The Hall–Kier alpha value is -3.60. The van der Waals surface area contributed by atoms with Crippen LogP contribution in [0, 0.1) is 12.8 Å². The van der Waals surface area contributed by atoms with Crippen LogP contribution in [0.2, 0.25) is 0 Å². The third kappa shape index (κ3) is 6.52. The van der Waals surface area contributed by atoms with Gasteiger partial charge in [-0.15, -0.1) is 11.8 Å². The van der Waals surface area contributed by atoms with Gasteiger partial charge in [0.1, 0.15) is 17.6 Å². The quantitative estimate of drug-likeness (QED) is 0.148. The van der Waals surface area contributed by atoms with Gasteiger partial charge in [-0.3, -0.25) is 9.79 Å².